The molecule has 3 heteroatoms. The van der Waals surface area contributed by atoms with Crippen LogP contribution in [0.25, 0.3) is 10.9 Å². The van der Waals surface area contributed by atoms with Gasteiger partial charge in [0.2, 0.25) is 0 Å². The second-order valence-electron chi connectivity index (χ2n) is 5.99. The maximum atomic E-state index is 5.79. The zero-order valence-electron chi connectivity index (χ0n) is 12.1. The van der Waals surface area contributed by atoms with Gasteiger partial charge in [-0.2, -0.15) is 0 Å². The molecule has 1 aromatic carbocycles. The van der Waals surface area contributed by atoms with Crippen LogP contribution in [0.2, 0.25) is 0 Å². The first-order valence-electron chi connectivity index (χ1n) is 7.60. The fourth-order valence-electron chi connectivity index (χ4n) is 3.41. The van der Waals surface area contributed by atoms with Crippen LogP contribution in [0.4, 0.5) is 0 Å². The summed E-state index contributed by atoms with van der Waals surface area (Å²) >= 11 is 0. The van der Waals surface area contributed by atoms with Crippen LogP contribution in [0.3, 0.4) is 0 Å². The highest BCUT2D eigenvalue weighted by molar-refractivity contribution is 5.82. The average Bonchev–Trinajstić information content (AvgIpc) is 2.97. The Balaban J connectivity index is 1.90. The smallest absolute Gasteiger partial charge is 0.0708 e. The summed E-state index contributed by atoms with van der Waals surface area (Å²) in [6, 6.07) is 10.7. The maximum Gasteiger partial charge on any atom is 0.0708 e. The molecular weight excluding hydrogens is 246 g/mol. The van der Waals surface area contributed by atoms with Crippen molar-refractivity contribution in [2.45, 2.75) is 45.1 Å². The molecule has 1 aliphatic rings. The number of para-hydroxylation sites is 1. The number of benzene rings is 1. The fourth-order valence-corrected chi connectivity index (χ4v) is 3.41. The summed E-state index contributed by atoms with van der Waals surface area (Å²) in [6.45, 7) is 2.15. The van der Waals surface area contributed by atoms with Gasteiger partial charge >= 0.3 is 0 Å². The molecule has 2 aromatic rings. The lowest BCUT2D eigenvalue weighted by Crippen LogP contribution is -2.30. The number of aryl methyl sites for hydroxylation is 1. The predicted octanol–water partition coefficient (Wildman–Crippen LogP) is 3.63. The van der Waals surface area contributed by atoms with Crippen molar-refractivity contribution < 1.29 is 0 Å². The van der Waals surface area contributed by atoms with Gasteiger partial charge in [0, 0.05) is 5.39 Å². The van der Waals surface area contributed by atoms with E-state index in [1.54, 1.807) is 0 Å². The molecule has 1 fully saturated rings. The summed E-state index contributed by atoms with van der Waals surface area (Å²) in [6.07, 6.45) is 6.51. The molecule has 1 saturated carbocycles. The van der Waals surface area contributed by atoms with Crippen molar-refractivity contribution in [1.29, 1.82) is 0 Å². The van der Waals surface area contributed by atoms with Gasteiger partial charge in [-0.15, -0.1) is 0 Å². The number of aromatic nitrogens is 1. The zero-order valence-corrected chi connectivity index (χ0v) is 12.1. The molecule has 0 saturated heterocycles. The highest BCUT2D eigenvalue weighted by Gasteiger charge is 2.21. The molecule has 1 heterocycles. The fraction of sp³-hybridized carbons (Fsp3) is 0.471. The molecule has 3 N–H and O–H groups in total. The van der Waals surface area contributed by atoms with Crippen molar-refractivity contribution >= 4 is 10.9 Å². The number of pyridine rings is 1. The minimum absolute atomic E-state index is 0.168. The molecular formula is C17H23N3. The van der Waals surface area contributed by atoms with E-state index >= 15 is 0 Å². The first kappa shape index (κ1) is 13.5. The summed E-state index contributed by atoms with van der Waals surface area (Å²) in [7, 11) is 0. The van der Waals surface area contributed by atoms with Crippen molar-refractivity contribution in [3.8, 4) is 0 Å². The monoisotopic (exact) mass is 269 g/mol. The third-order valence-electron chi connectivity index (χ3n) is 4.54. The van der Waals surface area contributed by atoms with Gasteiger partial charge in [-0.1, -0.05) is 43.9 Å². The topological polar surface area (TPSA) is 50.9 Å². The van der Waals surface area contributed by atoms with Crippen LogP contribution in [-0.4, -0.2) is 4.98 Å². The predicted molar refractivity (Wildman–Crippen MR) is 83.1 cm³/mol. The standard InChI is InChI=1S/C17H23N3/c1-12-10-16(19-15-9-5-4-8-14(12)15)17(20-18)11-13-6-2-3-7-13/h4-5,8-10,13,17,20H,2-3,6-7,11,18H2,1H3. The second-order valence-corrected chi connectivity index (χ2v) is 5.99. The molecule has 0 bridgehead atoms. The van der Waals surface area contributed by atoms with E-state index in [2.05, 4.69) is 36.6 Å². The summed E-state index contributed by atoms with van der Waals surface area (Å²) < 4.78 is 0. The first-order chi connectivity index (χ1) is 9.78. The van der Waals surface area contributed by atoms with Gasteiger partial charge in [-0.25, -0.2) is 0 Å². The van der Waals surface area contributed by atoms with Gasteiger partial charge in [-0.05, 0) is 37.0 Å². The number of fused-ring (bicyclic) bond motifs is 1. The van der Waals surface area contributed by atoms with Gasteiger partial charge in [0.1, 0.15) is 0 Å². The number of nitrogens with one attached hydrogen (secondary N) is 1. The lowest BCUT2D eigenvalue weighted by atomic mass is 9.95. The number of hydrazine groups is 1. The summed E-state index contributed by atoms with van der Waals surface area (Å²) in [5, 5.41) is 1.23. The second kappa shape index (κ2) is 5.90. The van der Waals surface area contributed by atoms with E-state index in [9.17, 15) is 0 Å². The zero-order chi connectivity index (χ0) is 13.9. The minimum atomic E-state index is 0.168. The number of rotatable bonds is 4. The molecule has 1 aliphatic carbocycles. The Hall–Kier alpha value is -1.45. The Morgan fingerprint density at radius 1 is 1.30 bits per heavy atom. The van der Waals surface area contributed by atoms with Crippen molar-refractivity contribution in [2.24, 2.45) is 11.8 Å². The Morgan fingerprint density at radius 3 is 2.80 bits per heavy atom. The third kappa shape index (κ3) is 2.69. The van der Waals surface area contributed by atoms with Crippen LogP contribution in [0.15, 0.2) is 30.3 Å². The Bertz CT molecular complexity index is 588. The van der Waals surface area contributed by atoms with Gasteiger partial charge in [-0.3, -0.25) is 16.3 Å². The van der Waals surface area contributed by atoms with E-state index in [1.807, 2.05) is 6.07 Å². The molecule has 106 valence electrons. The van der Waals surface area contributed by atoms with Gasteiger partial charge in [0.15, 0.2) is 0 Å². The van der Waals surface area contributed by atoms with Crippen molar-refractivity contribution in [2.75, 3.05) is 0 Å². The van der Waals surface area contributed by atoms with Crippen LogP contribution in [-0.2, 0) is 0 Å². The van der Waals surface area contributed by atoms with E-state index in [1.165, 1.54) is 36.6 Å². The van der Waals surface area contributed by atoms with E-state index in [-0.39, 0.29) is 6.04 Å². The Labute approximate surface area is 120 Å². The molecule has 0 amide bonds. The van der Waals surface area contributed by atoms with E-state index < -0.39 is 0 Å². The highest BCUT2D eigenvalue weighted by atomic mass is 15.2. The summed E-state index contributed by atoms with van der Waals surface area (Å²) in [4.78, 5) is 4.81. The summed E-state index contributed by atoms with van der Waals surface area (Å²) in [5.41, 5.74) is 6.39. The maximum absolute atomic E-state index is 5.79. The number of nitrogens with zero attached hydrogens (tertiary/aromatic N) is 1. The van der Waals surface area contributed by atoms with Crippen LogP contribution in [0.1, 0.15) is 49.4 Å². The number of hydrogen-bond acceptors (Lipinski definition) is 3. The van der Waals surface area contributed by atoms with Crippen molar-refractivity contribution in [3.05, 3.63) is 41.6 Å². The molecule has 1 aromatic heterocycles. The molecule has 0 aliphatic heterocycles. The molecule has 20 heavy (non-hydrogen) atoms. The van der Waals surface area contributed by atoms with Gasteiger partial charge in [0.25, 0.3) is 0 Å². The quantitative estimate of drug-likeness (QED) is 0.658. The lowest BCUT2D eigenvalue weighted by Gasteiger charge is -2.20. The van der Waals surface area contributed by atoms with Crippen LogP contribution in [0.5, 0.6) is 0 Å². The van der Waals surface area contributed by atoms with Crippen LogP contribution < -0.4 is 11.3 Å². The molecule has 3 rings (SSSR count). The number of nitrogens with two attached hydrogens (primary N) is 1. The summed E-state index contributed by atoms with van der Waals surface area (Å²) in [5.74, 6) is 6.58. The molecule has 0 radical (unpaired) electrons. The first-order valence-corrected chi connectivity index (χ1v) is 7.60. The van der Waals surface area contributed by atoms with E-state index in [0.717, 1.165) is 23.5 Å². The third-order valence-corrected chi connectivity index (χ3v) is 4.54. The normalized spacial score (nSPS) is 17.7. The van der Waals surface area contributed by atoms with Crippen LogP contribution in [0, 0.1) is 12.8 Å². The van der Waals surface area contributed by atoms with E-state index in [0.29, 0.717) is 0 Å². The molecule has 1 atom stereocenters. The van der Waals surface area contributed by atoms with Gasteiger partial charge < -0.3 is 0 Å². The SMILES string of the molecule is Cc1cc(C(CC2CCCC2)NN)nc2ccccc12. The Kier molecular flexibility index (Phi) is 3.99. The lowest BCUT2D eigenvalue weighted by molar-refractivity contribution is 0.395. The van der Waals surface area contributed by atoms with Crippen LogP contribution >= 0.6 is 0 Å². The minimum Gasteiger partial charge on any atom is -0.271 e. The van der Waals surface area contributed by atoms with Crippen molar-refractivity contribution in [1.82, 2.24) is 10.4 Å². The molecule has 0 spiro atoms. The average molecular weight is 269 g/mol. The highest BCUT2D eigenvalue weighted by Crippen LogP contribution is 2.33. The Morgan fingerprint density at radius 2 is 2.05 bits per heavy atom. The number of hydrogen-bond donors (Lipinski definition) is 2. The molecule has 1 unspecified atom stereocenters. The van der Waals surface area contributed by atoms with Crippen molar-refractivity contribution in [3.63, 3.8) is 0 Å². The molecule has 3 nitrogen and oxygen atoms in total. The van der Waals surface area contributed by atoms with E-state index in [4.69, 9.17) is 10.8 Å². The largest absolute Gasteiger partial charge is 0.271 e. The van der Waals surface area contributed by atoms with Gasteiger partial charge in [0.05, 0.1) is 17.3 Å².